The van der Waals surface area contributed by atoms with Gasteiger partial charge in [-0.15, -0.1) is 0 Å². The lowest BCUT2D eigenvalue weighted by Crippen LogP contribution is -1.91. The summed E-state index contributed by atoms with van der Waals surface area (Å²) >= 11 is 1.60. The van der Waals surface area contributed by atoms with E-state index < -0.39 is 0 Å². The summed E-state index contributed by atoms with van der Waals surface area (Å²) in [5, 5.41) is 0. The lowest BCUT2D eigenvalue weighted by atomic mass is 10.2. The maximum Gasteiger partial charge on any atom is 0.155 e. The molecule has 1 nitrogen and oxygen atoms in total. The van der Waals surface area contributed by atoms with E-state index in [0.29, 0.717) is 0 Å². The number of aryl methyl sites for hydroxylation is 2. The van der Waals surface area contributed by atoms with E-state index in [4.69, 9.17) is 0 Å². The third-order valence-electron chi connectivity index (χ3n) is 2.50. The smallest absolute Gasteiger partial charge is 0.155 e. The fourth-order valence-electron chi connectivity index (χ4n) is 1.43. The number of benzene rings is 1. The number of hydrogen-bond donors (Lipinski definition) is 0. The first kappa shape index (κ1) is 13.8. The first-order valence-corrected chi connectivity index (χ1v) is 6.35. The number of ketones is 1. The van der Waals surface area contributed by atoms with Gasteiger partial charge in [0.2, 0.25) is 0 Å². The van der Waals surface area contributed by atoms with Gasteiger partial charge in [0.05, 0.1) is 0 Å². The van der Waals surface area contributed by atoms with Crippen molar-refractivity contribution in [3.05, 3.63) is 52.5 Å². The molecular weight excluding hydrogens is 228 g/mol. The van der Waals surface area contributed by atoms with Gasteiger partial charge in [-0.1, -0.05) is 36.0 Å². The zero-order valence-electron chi connectivity index (χ0n) is 10.8. The van der Waals surface area contributed by atoms with E-state index in [-0.39, 0.29) is 5.78 Å². The lowest BCUT2D eigenvalue weighted by molar-refractivity contribution is -0.113. The van der Waals surface area contributed by atoms with Crippen LogP contribution in [0.4, 0.5) is 0 Å². The zero-order valence-corrected chi connectivity index (χ0v) is 11.6. The fourth-order valence-corrected chi connectivity index (χ4v) is 2.30. The molecule has 0 aliphatic rings. The minimum Gasteiger partial charge on any atom is -0.295 e. The molecule has 1 rings (SSSR count). The van der Waals surface area contributed by atoms with Gasteiger partial charge in [0.1, 0.15) is 0 Å². The van der Waals surface area contributed by atoms with E-state index in [0.717, 1.165) is 10.5 Å². The van der Waals surface area contributed by atoms with Gasteiger partial charge in [0.15, 0.2) is 5.78 Å². The van der Waals surface area contributed by atoms with Crippen LogP contribution in [0.25, 0.3) is 0 Å². The van der Waals surface area contributed by atoms with Crippen LogP contribution in [0.2, 0.25) is 0 Å². The monoisotopic (exact) mass is 246 g/mol. The molecule has 0 saturated carbocycles. The number of rotatable bonds is 4. The van der Waals surface area contributed by atoms with Crippen molar-refractivity contribution in [3.8, 4) is 0 Å². The van der Waals surface area contributed by atoms with Crippen molar-refractivity contribution in [1.82, 2.24) is 0 Å². The maximum atomic E-state index is 11.1. The summed E-state index contributed by atoms with van der Waals surface area (Å²) in [7, 11) is 0. The van der Waals surface area contributed by atoms with Crippen molar-refractivity contribution in [2.24, 2.45) is 0 Å². The van der Waals surface area contributed by atoms with E-state index >= 15 is 0 Å². The van der Waals surface area contributed by atoms with E-state index in [1.54, 1.807) is 18.7 Å². The highest BCUT2D eigenvalue weighted by molar-refractivity contribution is 8.03. The second-order valence-electron chi connectivity index (χ2n) is 4.22. The minimum absolute atomic E-state index is 0.0902. The maximum absolute atomic E-state index is 11.1. The second-order valence-corrected chi connectivity index (χ2v) is 5.39. The molecule has 0 fully saturated rings. The van der Waals surface area contributed by atoms with Crippen molar-refractivity contribution in [3.63, 3.8) is 0 Å². The van der Waals surface area contributed by atoms with Crippen molar-refractivity contribution in [1.29, 1.82) is 0 Å². The molecule has 0 saturated heterocycles. The molecule has 0 spiro atoms. The number of thioether (sulfide) groups is 1. The molecule has 1 aromatic rings. The van der Waals surface area contributed by atoms with Gasteiger partial charge >= 0.3 is 0 Å². The van der Waals surface area contributed by atoms with Crippen LogP contribution in [0, 0.1) is 13.8 Å². The predicted octanol–water partition coefficient (Wildman–Crippen LogP) is 4.44. The Kier molecular flexibility index (Phi) is 4.76. The van der Waals surface area contributed by atoms with Gasteiger partial charge in [-0.3, -0.25) is 4.79 Å². The molecule has 0 bridgehead atoms. The quantitative estimate of drug-likeness (QED) is 0.443. The zero-order chi connectivity index (χ0) is 13.0. The Balaban J connectivity index is 2.82. The highest BCUT2D eigenvalue weighted by Crippen LogP contribution is 2.30. The summed E-state index contributed by atoms with van der Waals surface area (Å²) in [5.74, 6) is 0.0902. The summed E-state index contributed by atoms with van der Waals surface area (Å²) in [6.45, 7) is 11.5. The van der Waals surface area contributed by atoms with Crippen molar-refractivity contribution >= 4 is 17.5 Å². The highest BCUT2D eigenvalue weighted by atomic mass is 32.2. The third-order valence-corrected chi connectivity index (χ3v) is 3.56. The average molecular weight is 246 g/mol. The van der Waals surface area contributed by atoms with E-state index in [9.17, 15) is 4.79 Å². The van der Waals surface area contributed by atoms with E-state index in [1.165, 1.54) is 16.0 Å². The number of carbonyl (C=O) groups excluding carboxylic acids is 1. The first-order chi connectivity index (χ1) is 7.90. The molecule has 2 heteroatoms. The Hall–Kier alpha value is -1.28. The van der Waals surface area contributed by atoms with Crippen LogP contribution >= 0.6 is 11.8 Å². The normalized spacial score (nSPS) is 11.4. The minimum atomic E-state index is 0.0902. The van der Waals surface area contributed by atoms with Crippen LogP contribution < -0.4 is 0 Å². The summed E-state index contributed by atoms with van der Waals surface area (Å²) in [6, 6.07) is 6.33. The molecule has 0 heterocycles. The largest absolute Gasteiger partial charge is 0.295 e. The van der Waals surface area contributed by atoms with Gasteiger partial charge in [0, 0.05) is 9.80 Å². The van der Waals surface area contributed by atoms with Crippen LogP contribution in [0.1, 0.15) is 25.0 Å². The standard InChI is InChI=1S/C15H18OS/c1-10-6-7-15(12(3)8-10)17-13(4)9-11(2)14(5)16/h6-9H,4H2,1-3,5H3/b11-9-. The van der Waals surface area contributed by atoms with Crippen molar-refractivity contribution in [2.75, 3.05) is 0 Å². The van der Waals surface area contributed by atoms with Crippen LogP contribution in [0.15, 0.2) is 46.2 Å². The number of Topliss-reactive ketones (excluding diaryl/α,β-unsaturated/α-hetero) is 1. The Morgan fingerprint density at radius 2 is 1.94 bits per heavy atom. The molecular formula is C15H18OS. The van der Waals surface area contributed by atoms with E-state index in [2.05, 4.69) is 38.6 Å². The van der Waals surface area contributed by atoms with Crippen molar-refractivity contribution < 1.29 is 4.79 Å². The van der Waals surface area contributed by atoms with Gasteiger partial charge in [-0.25, -0.2) is 0 Å². The Morgan fingerprint density at radius 1 is 1.29 bits per heavy atom. The van der Waals surface area contributed by atoms with Crippen LogP contribution in [-0.4, -0.2) is 5.78 Å². The van der Waals surface area contributed by atoms with Gasteiger partial charge in [0.25, 0.3) is 0 Å². The molecule has 90 valence electrons. The summed E-state index contributed by atoms with van der Waals surface area (Å²) < 4.78 is 0. The number of hydrogen-bond acceptors (Lipinski definition) is 2. The van der Waals surface area contributed by atoms with Gasteiger partial charge < -0.3 is 0 Å². The summed E-state index contributed by atoms with van der Waals surface area (Å²) in [4.78, 5) is 13.2. The average Bonchev–Trinajstić information content (AvgIpc) is 2.22. The second kappa shape index (κ2) is 5.87. The third kappa shape index (κ3) is 4.23. The Morgan fingerprint density at radius 3 is 2.47 bits per heavy atom. The molecule has 0 aromatic heterocycles. The van der Waals surface area contributed by atoms with Gasteiger partial charge in [-0.05, 0) is 51.0 Å². The summed E-state index contributed by atoms with van der Waals surface area (Å²) in [5.41, 5.74) is 3.24. The molecule has 0 unspecified atom stereocenters. The highest BCUT2D eigenvalue weighted by Gasteiger charge is 2.02. The SMILES string of the molecule is C=C(/C=C(/C)C(C)=O)Sc1ccc(C)cc1C. The predicted molar refractivity (Wildman–Crippen MR) is 75.4 cm³/mol. The van der Waals surface area contributed by atoms with Crippen molar-refractivity contribution in [2.45, 2.75) is 32.6 Å². The molecule has 0 atom stereocenters. The van der Waals surface area contributed by atoms with Gasteiger partial charge in [-0.2, -0.15) is 0 Å². The molecule has 0 aliphatic carbocycles. The molecule has 0 amide bonds. The lowest BCUT2D eigenvalue weighted by Gasteiger charge is -2.06. The Labute approximate surface area is 108 Å². The first-order valence-electron chi connectivity index (χ1n) is 5.53. The molecule has 0 radical (unpaired) electrons. The fraction of sp³-hybridized carbons (Fsp3) is 0.267. The molecule has 0 N–H and O–H groups in total. The summed E-state index contributed by atoms with van der Waals surface area (Å²) in [6.07, 6.45) is 1.84. The van der Waals surface area contributed by atoms with Crippen LogP contribution in [0.5, 0.6) is 0 Å². The topological polar surface area (TPSA) is 17.1 Å². The van der Waals surface area contributed by atoms with Crippen LogP contribution in [0.3, 0.4) is 0 Å². The van der Waals surface area contributed by atoms with E-state index in [1.807, 2.05) is 13.0 Å². The Bertz CT molecular complexity index is 484. The molecule has 0 aliphatic heterocycles. The number of allylic oxidation sites excluding steroid dienone is 2. The number of carbonyl (C=O) groups is 1. The molecule has 17 heavy (non-hydrogen) atoms. The molecule has 1 aromatic carbocycles. The van der Waals surface area contributed by atoms with Crippen LogP contribution in [-0.2, 0) is 4.79 Å².